The Hall–Kier alpha value is -4.82. The molecule has 4 aromatic heterocycles. The van der Waals surface area contributed by atoms with Gasteiger partial charge in [-0.3, -0.25) is 15.1 Å². The fraction of sp³-hybridized carbons (Fsp3) is 0.206. The second-order valence-corrected chi connectivity index (χ2v) is 11.2. The number of aromatic amines is 2. The number of benzene rings is 2. The number of nitrogens with one attached hydrogen (secondary N) is 4. The first-order valence-corrected chi connectivity index (χ1v) is 14.3. The second-order valence-electron chi connectivity index (χ2n) is 11.2. The monoisotopic (exact) mass is 557 g/mol. The van der Waals surface area contributed by atoms with Crippen LogP contribution in [0.15, 0.2) is 85.5 Å². The van der Waals surface area contributed by atoms with Crippen molar-refractivity contribution in [3.63, 3.8) is 0 Å². The third-order valence-corrected chi connectivity index (χ3v) is 8.07. The summed E-state index contributed by atoms with van der Waals surface area (Å²) >= 11 is 0. The predicted octanol–water partition coefficient (Wildman–Crippen LogP) is 7.60. The minimum absolute atomic E-state index is 0.240. The number of rotatable bonds is 7. The number of fused-ring (bicyclic) bond motifs is 2. The number of hydrogen-bond acceptors (Lipinski definition) is 5. The number of piperidine rings is 1. The molecule has 8 heteroatoms. The maximum absolute atomic E-state index is 14.2. The topological polar surface area (TPSA) is 94.3 Å². The van der Waals surface area contributed by atoms with Gasteiger partial charge >= 0.3 is 0 Å². The van der Waals surface area contributed by atoms with Crippen LogP contribution in [0.1, 0.15) is 24.8 Å². The van der Waals surface area contributed by atoms with Crippen LogP contribution in [0, 0.1) is 18.7 Å². The van der Waals surface area contributed by atoms with Gasteiger partial charge in [0.1, 0.15) is 11.5 Å². The largest absolute Gasteiger partial charge is 0.358 e. The molecule has 0 saturated carbocycles. The predicted molar refractivity (Wildman–Crippen MR) is 168 cm³/mol. The Morgan fingerprint density at radius 1 is 0.976 bits per heavy atom. The molecule has 2 aromatic carbocycles. The fourth-order valence-electron chi connectivity index (χ4n) is 6.04. The zero-order valence-electron chi connectivity index (χ0n) is 23.5. The molecule has 5 heterocycles. The number of aryl methyl sites for hydroxylation is 1. The van der Waals surface area contributed by atoms with Crippen molar-refractivity contribution in [1.29, 1.82) is 0 Å². The first-order valence-electron chi connectivity index (χ1n) is 14.3. The molecule has 7 nitrogen and oxygen atoms in total. The molecule has 0 radical (unpaired) electrons. The van der Waals surface area contributed by atoms with Crippen molar-refractivity contribution in [2.45, 2.75) is 26.2 Å². The molecular weight excluding hydrogens is 525 g/mol. The van der Waals surface area contributed by atoms with E-state index < -0.39 is 0 Å². The standard InChI is InChI=1S/C34H32FN7/c1-20-10-23(13-25(35)11-20)27-4-3-5-30-28(27)15-32(40-30)34-29-16-31(38-19-33(29)41-42-34)24-14-26(18-37-17-24)39-21(2)12-22-6-8-36-9-7-22/h3-5,10-11,13-19,22,36,39-40H,2,6-9,12H2,1H3,(H,41,42). The third-order valence-electron chi connectivity index (χ3n) is 8.07. The number of halogens is 1. The maximum Gasteiger partial charge on any atom is 0.124 e. The van der Waals surface area contributed by atoms with Gasteiger partial charge in [-0.25, -0.2) is 4.39 Å². The Labute approximate surface area is 243 Å². The van der Waals surface area contributed by atoms with Gasteiger partial charge in [0.15, 0.2) is 0 Å². The normalized spacial score (nSPS) is 14.0. The molecule has 0 amide bonds. The molecule has 0 bridgehead atoms. The van der Waals surface area contributed by atoms with Gasteiger partial charge in [-0.15, -0.1) is 0 Å². The van der Waals surface area contributed by atoms with Crippen LogP contribution in [0.25, 0.3) is 55.6 Å². The Bertz CT molecular complexity index is 1910. The van der Waals surface area contributed by atoms with Crippen LogP contribution in [0.3, 0.4) is 0 Å². The van der Waals surface area contributed by atoms with Crippen LogP contribution in [-0.4, -0.2) is 38.2 Å². The molecule has 0 atom stereocenters. The van der Waals surface area contributed by atoms with Crippen molar-refractivity contribution in [2.75, 3.05) is 18.4 Å². The van der Waals surface area contributed by atoms with Crippen LogP contribution in [0.5, 0.6) is 0 Å². The summed E-state index contributed by atoms with van der Waals surface area (Å²) in [5, 5.41) is 16.6. The Morgan fingerprint density at radius 3 is 2.71 bits per heavy atom. The summed E-state index contributed by atoms with van der Waals surface area (Å²) in [6.45, 7) is 8.32. The van der Waals surface area contributed by atoms with Crippen LogP contribution >= 0.6 is 0 Å². The van der Waals surface area contributed by atoms with E-state index in [1.165, 1.54) is 12.8 Å². The van der Waals surface area contributed by atoms with E-state index in [0.29, 0.717) is 5.92 Å². The average Bonchev–Trinajstić information content (AvgIpc) is 3.61. The average molecular weight is 558 g/mol. The molecule has 0 aliphatic carbocycles. The highest BCUT2D eigenvalue weighted by molar-refractivity contribution is 6.01. The summed E-state index contributed by atoms with van der Waals surface area (Å²) in [7, 11) is 0. The number of pyridine rings is 2. The molecule has 1 aliphatic heterocycles. The van der Waals surface area contributed by atoms with Gasteiger partial charge in [-0.1, -0.05) is 24.8 Å². The van der Waals surface area contributed by atoms with E-state index in [4.69, 9.17) is 4.98 Å². The smallest absolute Gasteiger partial charge is 0.124 e. The van der Waals surface area contributed by atoms with Gasteiger partial charge < -0.3 is 15.6 Å². The minimum Gasteiger partial charge on any atom is -0.358 e. The van der Waals surface area contributed by atoms with Gasteiger partial charge in [0.2, 0.25) is 0 Å². The number of anilines is 1. The zero-order chi connectivity index (χ0) is 28.6. The molecule has 1 saturated heterocycles. The van der Waals surface area contributed by atoms with Crippen molar-refractivity contribution < 1.29 is 4.39 Å². The summed E-state index contributed by atoms with van der Waals surface area (Å²) in [5.74, 6) is 0.417. The molecule has 4 N–H and O–H groups in total. The maximum atomic E-state index is 14.2. The highest BCUT2D eigenvalue weighted by Gasteiger charge is 2.17. The number of aromatic nitrogens is 5. The Balaban J connectivity index is 1.20. The van der Waals surface area contributed by atoms with Crippen LogP contribution in [0.2, 0.25) is 0 Å². The van der Waals surface area contributed by atoms with Gasteiger partial charge in [0.05, 0.1) is 35.0 Å². The van der Waals surface area contributed by atoms with Crippen LogP contribution < -0.4 is 10.6 Å². The van der Waals surface area contributed by atoms with Crippen molar-refractivity contribution in [3.8, 4) is 33.8 Å². The molecule has 1 aliphatic rings. The number of allylic oxidation sites excluding steroid dienone is 1. The molecule has 7 rings (SSSR count). The van der Waals surface area contributed by atoms with E-state index in [2.05, 4.69) is 49.5 Å². The van der Waals surface area contributed by atoms with Crippen molar-refractivity contribution in [3.05, 3.63) is 96.8 Å². The zero-order valence-corrected chi connectivity index (χ0v) is 23.5. The molecule has 0 spiro atoms. The van der Waals surface area contributed by atoms with Crippen LogP contribution in [0.4, 0.5) is 10.1 Å². The lowest BCUT2D eigenvalue weighted by Crippen LogP contribution is -2.28. The van der Waals surface area contributed by atoms with E-state index in [1.807, 2.05) is 49.6 Å². The minimum atomic E-state index is -0.240. The quantitative estimate of drug-likeness (QED) is 0.162. The summed E-state index contributed by atoms with van der Waals surface area (Å²) in [5.41, 5.74) is 9.79. The van der Waals surface area contributed by atoms with Crippen molar-refractivity contribution in [2.24, 2.45) is 5.92 Å². The summed E-state index contributed by atoms with van der Waals surface area (Å²) in [4.78, 5) is 12.7. The van der Waals surface area contributed by atoms with E-state index in [9.17, 15) is 4.39 Å². The molecule has 1 fully saturated rings. The number of hydrogen-bond donors (Lipinski definition) is 4. The van der Waals surface area contributed by atoms with Gasteiger partial charge in [0.25, 0.3) is 0 Å². The van der Waals surface area contributed by atoms with E-state index in [1.54, 1.807) is 18.3 Å². The summed E-state index contributed by atoms with van der Waals surface area (Å²) in [6.07, 6.45) is 8.77. The highest BCUT2D eigenvalue weighted by Crippen LogP contribution is 2.35. The third kappa shape index (κ3) is 5.17. The molecule has 42 heavy (non-hydrogen) atoms. The first kappa shape index (κ1) is 26.1. The lowest BCUT2D eigenvalue weighted by molar-refractivity contribution is 0.373. The summed E-state index contributed by atoms with van der Waals surface area (Å²) < 4.78 is 14.2. The van der Waals surface area contributed by atoms with E-state index in [0.717, 1.165) is 92.0 Å². The lowest BCUT2D eigenvalue weighted by Gasteiger charge is -2.23. The number of nitrogens with zero attached hydrogens (tertiary/aromatic N) is 3. The fourth-order valence-corrected chi connectivity index (χ4v) is 6.04. The second kappa shape index (κ2) is 10.9. The van der Waals surface area contributed by atoms with Gasteiger partial charge in [-0.05, 0) is 98.3 Å². The molecular formula is C34H32FN7. The summed E-state index contributed by atoms with van der Waals surface area (Å²) in [6, 6.07) is 17.3. The molecule has 210 valence electrons. The Morgan fingerprint density at radius 2 is 1.86 bits per heavy atom. The molecule has 0 unspecified atom stereocenters. The lowest BCUT2D eigenvalue weighted by atomic mass is 9.93. The first-order chi connectivity index (χ1) is 20.5. The Kier molecular flexibility index (Phi) is 6.76. The van der Waals surface area contributed by atoms with Gasteiger partial charge in [-0.2, -0.15) is 5.10 Å². The van der Waals surface area contributed by atoms with Crippen molar-refractivity contribution in [1.82, 2.24) is 30.5 Å². The van der Waals surface area contributed by atoms with E-state index >= 15 is 0 Å². The highest BCUT2D eigenvalue weighted by atomic mass is 19.1. The van der Waals surface area contributed by atoms with Gasteiger partial charge in [0, 0.05) is 33.7 Å². The van der Waals surface area contributed by atoms with Crippen molar-refractivity contribution >= 4 is 27.5 Å². The SMILES string of the molecule is C=C(CC1CCNCC1)Nc1cncc(-c2cc3c(-c4cc5c(-c6cc(C)cc(F)c6)cccc5[nH]4)n[nH]c3cn2)c1. The van der Waals surface area contributed by atoms with E-state index in [-0.39, 0.29) is 5.82 Å². The van der Waals surface area contributed by atoms with Crippen LogP contribution in [-0.2, 0) is 0 Å². The number of H-pyrrole nitrogens is 2. The molecule has 6 aromatic rings.